The van der Waals surface area contributed by atoms with Crippen LogP contribution in [0.5, 0.6) is 0 Å². The number of ether oxygens (including phenoxy) is 1. The number of hydrogen-bond donors (Lipinski definition) is 1. The Hall–Kier alpha value is -1.72. The molecule has 8 heteroatoms. The second-order valence-corrected chi connectivity index (χ2v) is 6.24. The average Bonchev–Trinajstić information content (AvgIpc) is 2.79. The van der Waals surface area contributed by atoms with Gasteiger partial charge in [-0.05, 0) is 32.2 Å². The van der Waals surface area contributed by atoms with Crippen molar-refractivity contribution in [3.8, 4) is 6.07 Å². The summed E-state index contributed by atoms with van der Waals surface area (Å²) in [4.78, 5) is 19.7. The predicted octanol–water partition coefficient (Wildman–Crippen LogP) is 3.27. The molecule has 0 saturated heterocycles. The van der Waals surface area contributed by atoms with E-state index in [1.807, 2.05) is 13.8 Å². The Bertz CT molecular complexity index is 618. The molecule has 0 bridgehead atoms. The van der Waals surface area contributed by atoms with Gasteiger partial charge in [0.15, 0.2) is 0 Å². The van der Waals surface area contributed by atoms with Crippen molar-refractivity contribution in [3.05, 3.63) is 10.4 Å². The molecule has 0 aliphatic carbocycles. The number of thiophene rings is 1. The monoisotopic (exact) mass is 324 g/mol. The van der Waals surface area contributed by atoms with E-state index in [9.17, 15) is 10.1 Å². The molecule has 1 aliphatic heterocycles. The minimum atomic E-state index is -0.479. The lowest BCUT2D eigenvalue weighted by Gasteiger charge is -2.27. The van der Waals surface area contributed by atoms with Crippen LogP contribution >= 0.6 is 23.3 Å². The summed E-state index contributed by atoms with van der Waals surface area (Å²) in [6.45, 7) is 6.55. The minimum absolute atomic E-state index is 0.286. The molecule has 0 aromatic carbocycles. The number of amides is 1. The normalized spacial score (nSPS) is 15.3. The third-order valence-corrected chi connectivity index (χ3v) is 4.84. The summed E-state index contributed by atoms with van der Waals surface area (Å²) in [5.41, 5.74) is 0.594. The van der Waals surface area contributed by atoms with E-state index >= 15 is 0 Å². The second-order valence-electron chi connectivity index (χ2n) is 4.22. The third kappa shape index (κ3) is 2.99. The van der Waals surface area contributed by atoms with Gasteiger partial charge in [-0.15, -0.1) is 11.3 Å². The highest BCUT2D eigenvalue weighted by Crippen LogP contribution is 2.43. The Labute approximate surface area is 131 Å². The first-order valence-corrected chi connectivity index (χ1v) is 8.24. The first kappa shape index (κ1) is 15.7. The highest BCUT2D eigenvalue weighted by molar-refractivity contribution is 7.98. The fourth-order valence-electron chi connectivity index (χ4n) is 1.80. The molecule has 1 aliphatic rings. The lowest BCUT2D eigenvalue weighted by Crippen LogP contribution is -2.45. The molecule has 1 amide bonds. The van der Waals surface area contributed by atoms with E-state index in [-0.39, 0.29) is 6.61 Å². The van der Waals surface area contributed by atoms with E-state index in [4.69, 9.17) is 4.74 Å². The highest BCUT2D eigenvalue weighted by atomic mass is 32.2. The van der Waals surface area contributed by atoms with Crippen molar-refractivity contribution in [1.82, 2.24) is 4.72 Å². The third-order valence-electron chi connectivity index (χ3n) is 2.73. The topological polar surface area (TPSA) is 77.7 Å². The summed E-state index contributed by atoms with van der Waals surface area (Å²) >= 11 is 2.72. The summed E-state index contributed by atoms with van der Waals surface area (Å²) in [6.07, 6.45) is 0.402. The van der Waals surface area contributed by atoms with Gasteiger partial charge in [0.2, 0.25) is 5.96 Å². The molecule has 0 radical (unpaired) electrons. The van der Waals surface area contributed by atoms with Crippen LogP contribution in [0.15, 0.2) is 9.89 Å². The van der Waals surface area contributed by atoms with Crippen molar-refractivity contribution < 1.29 is 9.53 Å². The number of carbonyl (C=O) groups excluding carboxylic acids is 1. The molecule has 21 heavy (non-hydrogen) atoms. The van der Waals surface area contributed by atoms with Crippen molar-refractivity contribution in [2.24, 2.45) is 4.99 Å². The smallest absolute Gasteiger partial charge is 0.422 e. The van der Waals surface area contributed by atoms with Gasteiger partial charge >= 0.3 is 6.09 Å². The molecule has 0 atom stereocenters. The molecule has 0 fully saturated rings. The van der Waals surface area contributed by atoms with Gasteiger partial charge in [0, 0.05) is 11.4 Å². The van der Waals surface area contributed by atoms with Crippen LogP contribution < -0.4 is 9.62 Å². The van der Waals surface area contributed by atoms with Crippen molar-refractivity contribution >= 4 is 40.3 Å². The molecule has 0 spiro atoms. The van der Waals surface area contributed by atoms with E-state index in [1.165, 1.54) is 28.2 Å². The molecule has 2 heterocycles. The van der Waals surface area contributed by atoms with Gasteiger partial charge in [-0.3, -0.25) is 9.71 Å². The number of aliphatic imine (C=N–C) groups is 1. The Morgan fingerprint density at radius 3 is 2.90 bits per heavy atom. The van der Waals surface area contributed by atoms with E-state index in [2.05, 4.69) is 15.8 Å². The van der Waals surface area contributed by atoms with Gasteiger partial charge in [0.1, 0.15) is 11.1 Å². The maximum absolute atomic E-state index is 12.2. The summed E-state index contributed by atoms with van der Waals surface area (Å²) in [5, 5.41) is 9.94. The lowest BCUT2D eigenvalue weighted by molar-refractivity contribution is 0.163. The number of guanidine groups is 1. The van der Waals surface area contributed by atoms with Crippen LogP contribution in [0.2, 0.25) is 0 Å². The molecular weight excluding hydrogens is 308 g/mol. The Balaban J connectivity index is 2.48. The summed E-state index contributed by atoms with van der Waals surface area (Å²) in [6, 6.07) is 2.18. The molecule has 0 saturated carbocycles. The van der Waals surface area contributed by atoms with E-state index in [1.54, 1.807) is 6.92 Å². The fraction of sp³-hybridized carbons (Fsp3) is 0.462. The molecule has 0 unspecified atom stereocenters. The van der Waals surface area contributed by atoms with Gasteiger partial charge in [-0.2, -0.15) is 5.26 Å². The molecule has 6 nitrogen and oxygen atoms in total. The molecule has 1 aromatic heterocycles. The van der Waals surface area contributed by atoms with Crippen molar-refractivity contribution in [2.45, 2.75) is 32.1 Å². The Kier molecular flexibility index (Phi) is 5.09. The average molecular weight is 324 g/mol. The van der Waals surface area contributed by atoms with Gasteiger partial charge in [-0.1, -0.05) is 6.92 Å². The Morgan fingerprint density at radius 1 is 1.52 bits per heavy atom. The zero-order chi connectivity index (χ0) is 15.4. The van der Waals surface area contributed by atoms with E-state index in [0.29, 0.717) is 23.1 Å². The Morgan fingerprint density at radius 2 is 2.29 bits per heavy atom. The quantitative estimate of drug-likeness (QED) is 0.863. The summed E-state index contributed by atoms with van der Waals surface area (Å²) in [7, 11) is 0. The van der Waals surface area contributed by atoms with Gasteiger partial charge < -0.3 is 4.74 Å². The van der Waals surface area contributed by atoms with Crippen molar-refractivity contribution in [2.75, 3.05) is 18.1 Å². The van der Waals surface area contributed by atoms with E-state index in [0.717, 1.165) is 16.2 Å². The van der Waals surface area contributed by atoms with Crippen LogP contribution in [0.25, 0.3) is 0 Å². The molecule has 112 valence electrons. The second kappa shape index (κ2) is 6.83. The maximum Gasteiger partial charge on any atom is 0.422 e. The predicted molar refractivity (Wildman–Crippen MR) is 84.9 cm³/mol. The van der Waals surface area contributed by atoms with Crippen molar-refractivity contribution in [1.29, 1.82) is 5.26 Å². The number of nitriles is 1. The standard InChI is InChI=1S/C13H16N4O2S2/c1-4-6-15-12-16-21-10-9(7-14)8(3)20-11(10)17(12)13(18)19-5-2/h4-6H2,1-3H3,(H,15,16). The van der Waals surface area contributed by atoms with Crippen LogP contribution in [0.3, 0.4) is 0 Å². The van der Waals surface area contributed by atoms with Gasteiger partial charge in [0.05, 0.1) is 17.1 Å². The molecule has 2 rings (SSSR count). The number of carbonyl (C=O) groups is 1. The van der Waals surface area contributed by atoms with Gasteiger partial charge in [-0.25, -0.2) is 9.69 Å². The highest BCUT2D eigenvalue weighted by Gasteiger charge is 2.34. The zero-order valence-electron chi connectivity index (χ0n) is 12.1. The lowest BCUT2D eigenvalue weighted by atomic mass is 10.3. The SMILES string of the molecule is CCCN=C1NSc2c(sc(C)c2C#N)N1C(=O)OCC. The zero-order valence-corrected chi connectivity index (χ0v) is 13.7. The van der Waals surface area contributed by atoms with Crippen LogP contribution in [0.1, 0.15) is 30.7 Å². The molecular formula is C13H16N4O2S2. The largest absolute Gasteiger partial charge is 0.449 e. The fourth-order valence-corrected chi connectivity index (χ4v) is 3.93. The minimum Gasteiger partial charge on any atom is -0.449 e. The number of anilines is 1. The van der Waals surface area contributed by atoms with Crippen LogP contribution in [0, 0.1) is 18.3 Å². The number of nitrogens with one attached hydrogen (secondary N) is 1. The number of hydrogen-bond acceptors (Lipinski definition) is 6. The number of nitrogens with zero attached hydrogens (tertiary/aromatic N) is 3. The number of rotatable bonds is 3. The maximum atomic E-state index is 12.2. The van der Waals surface area contributed by atoms with Crippen molar-refractivity contribution in [3.63, 3.8) is 0 Å². The molecule has 1 aromatic rings. The van der Waals surface area contributed by atoms with Gasteiger partial charge in [0.25, 0.3) is 0 Å². The first-order chi connectivity index (χ1) is 10.1. The van der Waals surface area contributed by atoms with Crippen LogP contribution in [-0.2, 0) is 4.74 Å². The van der Waals surface area contributed by atoms with Crippen LogP contribution in [0.4, 0.5) is 9.80 Å². The molecule has 1 N–H and O–H groups in total. The summed E-state index contributed by atoms with van der Waals surface area (Å²) < 4.78 is 8.15. The number of fused-ring (bicyclic) bond motifs is 1. The van der Waals surface area contributed by atoms with Crippen LogP contribution in [-0.4, -0.2) is 25.2 Å². The first-order valence-electron chi connectivity index (χ1n) is 6.61. The summed E-state index contributed by atoms with van der Waals surface area (Å²) in [5.74, 6) is 0.457. The number of aryl methyl sites for hydroxylation is 1. The van der Waals surface area contributed by atoms with E-state index < -0.39 is 6.09 Å².